The Morgan fingerprint density at radius 2 is 2.38 bits per heavy atom. The van der Waals surface area contributed by atoms with Gasteiger partial charge in [-0.25, -0.2) is 0 Å². The zero-order valence-electron chi connectivity index (χ0n) is 8.42. The Bertz CT molecular complexity index is 189. The lowest BCUT2D eigenvalue weighted by atomic mass is 10.2. The van der Waals surface area contributed by atoms with E-state index in [-0.39, 0.29) is 20.7 Å². The molecular formula is C10H18INO. The Morgan fingerprint density at radius 1 is 1.69 bits per heavy atom. The third kappa shape index (κ3) is 8.30. The number of aliphatic imine (C=N–C) groups is 1. The van der Waals surface area contributed by atoms with Crippen LogP contribution in [0, 0.1) is 0 Å². The zero-order valence-corrected chi connectivity index (χ0v) is 10.6. The molecule has 0 aromatic carbocycles. The van der Waals surface area contributed by atoms with Gasteiger partial charge in [0.25, 0.3) is 0 Å². The van der Waals surface area contributed by atoms with Crippen LogP contribution in [0.1, 0.15) is 13.3 Å². The van der Waals surface area contributed by atoms with Gasteiger partial charge in [-0.05, 0) is 24.1 Å². The van der Waals surface area contributed by atoms with Crippen molar-refractivity contribution < 1.29 is 4.74 Å². The van der Waals surface area contributed by atoms with E-state index in [9.17, 15) is 0 Å². The molecule has 13 heavy (non-hydrogen) atoms. The molecule has 0 heterocycles. The summed E-state index contributed by atoms with van der Waals surface area (Å²) in [6.07, 6.45) is 1.33. The minimum absolute atomic E-state index is 0.115. The van der Waals surface area contributed by atoms with Crippen LogP contribution in [0.5, 0.6) is 0 Å². The van der Waals surface area contributed by atoms with E-state index in [0.717, 1.165) is 17.4 Å². The summed E-state index contributed by atoms with van der Waals surface area (Å²) in [6, 6.07) is 0. The van der Waals surface area contributed by atoms with Gasteiger partial charge in [0.05, 0.1) is 12.6 Å². The van der Waals surface area contributed by atoms with Crippen LogP contribution in [-0.4, -0.2) is 34.9 Å². The van der Waals surface area contributed by atoms with Gasteiger partial charge in [-0.15, -0.1) is 27.3 Å². The second kappa shape index (κ2) is 8.56. The normalized spacial score (nSPS) is 13.7. The van der Waals surface area contributed by atoms with Crippen LogP contribution < -0.4 is 0 Å². The summed E-state index contributed by atoms with van der Waals surface area (Å²) >= 11 is 0.115. The minimum Gasteiger partial charge on any atom is -0.380 e. The Kier molecular flexibility index (Phi) is 8.54. The van der Waals surface area contributed by atoms with Gasteiger partial charge in [-0.1, -0.05) is 5.57 Å². The van der Waals surface area contributed by atoms with Gasteiger partial charge in [0, 0.05) is 11.5 Å². The highest BCUT2D eigenvalue weighted by molar-refractivity contribution is 14.2. The van der Waals surface area contributed by atoms with Crippen LogP contribution >= 0.6 is 20.7 Å². The van der Waals surface area contributed by atoms with E-state index in [4.69, 9.17) is 4.74 Å². The first kappa shape index (κ1) is 13.0. The average molecular weight is 295 g/mol. The lowest BCUT2D eigenvalue weighted by Crippen LogP contribution is -2.12. The van der Waals surface area contributed by atoms with Crippen molar-refractivity contribution in [2.45, 2.75) is 19.4 Å². The maximum atomic E-state index is 5.34. The van der Waals surface area contributed by atoms with E-state index in [1.54, 1.807) is 7.11 Å². The molecule has 0 N–H and O–H groups in total. The molecule has 0 radical (unpaired) electrons. The topological polar surface area (TPSA) is 21.6 Å². The molecule has 76 valence electrons. The third-order valence-corrected chi connectivity index (χ3v) is 3.99. The molecule has 0 aromatic rings. The molecule has 0 fully saturated rings. The fraction of sp³-hybridized carbons (Fsp3) is 0.600. The molecule has 0 spiro atoms. The second-order valence-corrected chi connectivity index (χ2v) is 5.53. The first-order valence-corrected chi connectivity index (χ1v) is 6.96. The van der Waals surface area contributed by atoms with Crippen molar-refractivity contribution in [3.63, 3.8) is 0 Å². The summed E-state index contributed by atoms with van der Waals surface area (Å²) in [5.41, 5.74) is 1.19. The number of nitrogens with zero attached hydrogens (tertiary/aromatic N) is 1. The first-order chi connectivity index (χ1) is 6.20. The van der Waals surface area contributed by atoms with Crippen molar-refractivity contribution in [2.75, 3.05) is 18.1 Å². The highest BCUT2D eigenvalue weighted by atomic mass is 127. The smallest absolute Gasteiger partial charge is 0.0693 e. The van der Waals surface area contributed by atoms with Gasteiger partial charge >= 0.3 is 0 Å². The van der Waals surface area contributed by atoms with Crippen molar-refractivity contribution in [3.8, 4) is 0 Å². The van der Waals surface area contributed by atoms with E-state index in [2.05, 4.69) is 22.3 Å². The molecule has 0 aromatic heterocycles. The van der Waals surface area contributed by atoms with Crippen molar-refractivity contribution in [1.82, 2.24) is 0 Å². The highest BCUT2D eigenvalue weighted by Crippen LogP contribution is 2.10. The molecule has 2 nitrogen and oxygen atoms in total. The minimum atomic E-state index is 0.115. The van der Waals surface area contributed by atoms with Gasteiger partial charge in [0.1, 0.15) is 0 Å². The number of ether oxygens (including phenoxy) is 1. The summed E-state index contributed by atoms with van der Waals surface area (Å²) in [5, 5.41) is 0. The molecule has 0 saturated heterocycles. The molecule has 0 rings (SSSR count). The monoisotopic (exact) mass is 295 g/mol. The largest absolute Gasteiger partial charge is 0.380 e. The van der Waals surface area contributed by atoms with Crippen LogP contribution in [0.4, 0.5) is 0 Å². The molecule has 1 unspecified atom stereocenters. The van der Waals surface area contributed by atoms with Crippen molar-refractivity contribution >= 4 is 31.5 Å². The van der Waals surface area contributed by atoms with E-state index in [0.29, 0.717) is 6.10 Å². The number of rotatable bonds is 7. The van der Waals surface area contributed by atoms with Gasteiger partial charge in [-0.2, -0.15) is 0 Å². The fourth-order valence-electron chi connectivity index (χ4n) is 0.849. The van der Waals surface area contributed by atoms with Gasteiger partial charge in [0.2, 0.25) is 0 Å². The molecule has 3 heteroatoms. The summed E-state index contributed by atoms with van der Waals surface area (Å²) in [5.74, 6) is 0. The van der Waals surface area contributed by atoms with Crippen molar-refractivity contribution in [3.05, 3.63) is 12.2 Å². The molecular weight excluding hydrogens is 277 g/mol. The number of halogens is 1. The predicted octanol–water partition coefficient (Wildman–Crippen LogP) is 2.44. The van der Waals surface area contributed by atoms with E-state index < -0.39 is 0 Å². The predicted molar refractivity (Wildman–Crippen MR) is 69.6 cm³/mol. The maximum absolute atomic E-state index is 5.34. The van der Waals surface area contributed by atoms with Crippen LogP contribution in [0.3, 0.4) is 0 Å². The number of hydrogen-bond donors (Lipinski definition) is 0. The summed E-state index contributed by atoms with van der Waals surface area (Å²) in [7, 11) is 1.77. The molecule has 0 aliphatic rings. The SMILES string of the molecule is C=NCC=ICC(CC(=C)C)OC. The standard InChI is InChI=1S/C10H18INO/c1-9(2)7-10(13-4)8-11-5-6-12-3/h5,10H,1,3,6-8H2,2,4H3. The van der Waals surface area contributed by atoms with Crippen LogP contribution in [0.15, 0.2) is 17.1 Å². The first-order valence-electron chi connectivity index (χ1n) is 4.19. The van der Waals surface area contributed by atoms with E-state index in [1.807, 2.05) is 6.92 Å². The number of hydrogen-bond acceptors (Lipinski definition) is 2. The maximum Gasteiger partial charge on any atom is 0.0693 e. The van der Waals surface area contributed by atoms with Gasteiger partial charge < -0.3 is 4.74 Å². The van der Waals surface area contributed by atoms with Gasteiger partial charge in [-0.3, -0.25) is 4.99 Å². The molecule has 1 atom stereocenters. The van der Waals surface area contributed by atoms with Crippen LogP contribution in [-0.2, 0) is 4.74 Å². The van der Waals surface area contributed by atoms with Crippen LogP contribution in [0.2, 0.25) is 0 Å². The quantitative estimate of drug-likeness (QED) is 0.306. The summed E-state index contributed by atoms with van der Waals surface area (Å²) in [6.45, 7) is 10.1. The Morgan fingerprint density at radius 3 is 2.85 bits per heavy atom. The highest BCUT2D eigenvalue weighted by Gasteiger charge is 2.04. The Labute approximate surface area is 90.8 Å². The fourth-order valence-corrected chi connectivity index (χ4v) is 3.00. The summed E-state index contributed by atoms with van der Waals surface area (Å²) in [4.78, 5) is 3.78. The van der Waals surface area contributed by atoms with Crippen molar-refractivity contribution in [2.24, 2.45) is 4.99 Å². The Hall–Kier alpha value is -0.0300. The van der Waals surface area contributed by atoms with E-state index >= 15 is 0 Å². The Balaban J connectivity index is 3.70. The van der Waals surface area contributed by atoms with E-state index in [1.165, 1.54) is 5.57 Å². The lowest BCUT2D eigenvalue weighted by Gasteiger charge is -2.11. The number of alkyl halides is 1. The number of methoxy groups -OCH3 is 1. The lowest BCUT2D eigenvalue weighted by molar-refractivity contribution is 0.125. The molecule has 0 aliphatic heterocycles. The summed E-state index contributed by atoms with van der Waals surface area (Å²) < 4.78 is 8.72. The molecule has 0 saturated carbocycles. The third-order valence-electron chi connectivity index (χ3n) is 1.48. The molecule has 0 aliphatic carbocycles. The zero-order chi connectivity index (χ0) is 10.1. The van der Waals surface area contributed by atoms with Crippen molar-refractivity contribution in [1.29, 1.82) is 0 Å². The molecule has 0 bridgehead atoms. The average Bonchev–Trinajstić information content (AvgIpc) is 2.09. The van der Waals surface area contributed by atoms with Gasteiger partial charge in [0.15, 0.2) is 0 Å². The second-order valence-electron chi connectivity index (χ2n) is 2.89. The molecule has 0 amide bonds. The van der Waals surface area contributed by atoms with Crippen LogP contribution in [0.25, 0.3) is 0 Å².